The molecule has 1 fully saturated rings. The van der Waals surface area contributed by atoms with E-state index in [-0.39, 0.29) is 0 Å². The van der Waals surface area contributed by atoms with Crippen molar-refractivity contribution in [2.24, 2.45) is 0 Å². The fourth-order valence-electron chi connectivity index (χ4n) is 2.06. The third-order valence-corrected chi connectivity index (χ3v) is 2.96. The molecule has 2 N–H and O–H groups in total. The lowest BCUT2D eigenvalue weighted by atomic mass is 10.1. The Morgan fingerprint density at radius 2 is 2.40 bits per heavy atom. The maximum Gasteiger partial charge on any atom is 0.0947 e. The molecule has 0 aliphatic carbocycles. The van der Waals surface area contributed by atoms with Crippen LogP contribution < -0.4 is 10.6 Å². The lowest BCUT2D eigenvalue weighted by molar-refractivity contribution is 0.469. The average molecular weight is 208 g/mol. The minimum Gasteiger partial charge on any atom is -0.472 e. The molecule has 1 aliphatic rings. The monoisotopic (exact) mass is 208 g/mol. The van der Waals surface area contributed by atoms with Gasteiger partial charge in [0.2, 0.25) is 0 Å². The van der Waals surface area contributed by atoms with Crippen LogP contribution in [0.25, 0.3) is 0 Å². The van der Waals surface area contributed by atoms with Gasteiger partial charge in [0.1, 0.15) is 0 Å². The van der Waals surface area contributed by atoms with Crippen molar-refractivity contribution in [1.82, 2.24) is 10.6 Å². The Balaban J connectivity index is 1.64. The molecule has 0 bridgehead atoms. The van der Waals surface area contributed by atoms with Crippen LogP contribution >= 0.6 is 0 Å². The van der Waals surface area contributed by atoms with E-state index in [1.807, 2.05) is 6.07 Å². The van der Waals surface area contributed by atoms with E-state index in [2.05, 4.69) is 10.6 Å². The Bertz CT molecular complexity index is 251. The highest BCUT2D eigenvalue weighted by Crippen LogP contribution is 2.07. The Labute approximate surface area is 91.2 Å². The lowest BCUT2D eigenvalue weighted by Gasteiger charge is -2.15. The number of rotatable bonds is 4. The largest absolute Gasteiger partial charge is 0.472 e. The van der Waals surface area contributed by atoms with Crippen molar-refractivity contribution in [2.45, 2.75) is 38.3 Å². The first-order valence-corrected chi connectivity index (χ1v) is 5.90. The minimum atomic E-state index is 0.652. The molecule has 0 amide bonds. The maximum absolute atomic E-state index is 5.02. The summed E-state index contributed by atoms with van der Waals surface area (Å²) in [6, 6.07) is 2.66. The second-order valence-electron chi connectivity index (χ2n) is 4.26. The molecule has 0 radical (unpaired) electrons. The van der Waals surface area contributed by atoms with E-state index in [1.54, 1.807) is 12.5 Å². The van der Waals surface area contributed by atoms with E-state index < -0.39 is 0 Å². The smallest absolute Gasteiger partial charge is 0.0947 e. The van der Waals surface area contributed by atoms with Gasteiger partial charge < -0.3 is 15.1 Å². The number of hydrogen-bond acceptors (Lipinski definition) is 3. The number of hydrogen-bond donors (Lipinski definition) is 2. The second-order valence-corrected chi connectivity index (χ2v) is 4.26. The van der Waals surface area contributed by atoms with Gasteiger partial charge in [0.15, 0.2) is 0 Å². The highest BCUT2D eigenvalue weighted by atomic mass is 16.3. The van der Waals surface area contributed by atoms with Crippen LogP contribution in [0.15, 0.2) is 23.0 Å². The molecule has 84 valence electrons. The summed E-state index contributed by atoms with van der Waals surface area (Å²) in [5, 5.41) is 7.04. The van der Waals surface area contributed by atoms with Crippen molar-refractivity contribution >= 4 is 0 Å². The molecule has 3 heteroatoms. The summed E-state index contributed by atoms with van der Waals surface area (Å²) in [7, 11) is 0. The summed E-state index contributed by atoms with van der Waals surface area (Å²) in [6.07, 6.45) is 8.90. The lowest BCUT2D eigenvalue weighted by Crippen LogP contribution is -2.37. The highest BCUT2D eigenvalue weighted by Gasteiger charge is 2.10. The van der Waals surface area contributed by atoms with Crippen molar-refractivity contribution in [3.63, 3.8) is 0 Å². The van der Waals surface area contributed by atoms with Gasteiger partial charge in [0.25, 0.3) is 0 Å². The number of furan rings is 1. The third-order valence-electron chi connectivity index (χ3n) is 2.96. The van der Waals surface area contributed by atoms with E-state index in [0.717, 1.165) is 13.1 Å². The molecule has 2 heterocycles. The average Bonchev–Trinajstić information content (AvgIpc) is 2.62. The second kappa shape index (κ2) is 5.93. The third kappa shape index (κ3) is 3.68. The summed E-state index contributed by atoms with van der Waals surface area (Å²) in [5.41, 5.74) is 1.23. The molecule has 1 aromatic heterocycles. The zero-order chi connectivity index (χ0) is 10.3. The minimum absolute atomic E-state index is 0.652. The molecule has 0 aromatic carbocycles. The quantitative estimate of drug-likeness (QED) is 0.793. The van der Waals surface area contributed by atoms with Gasteiger partial charge in [-0.05, 0) is 25.5 Å². The van der Waals surface area contributed by atoms with Gasteiger partial charge >= 0.3 is 0 Å². The topological polar surface area (TPSA) is 37.2 Å². The molecule has 0 saturated carbocycles. The summed E-state index contributed by atoms with van der Waals surface area (Å²) < 4.78 is 5.02. The van der Waals surface area contributed by atoms with Crippen molar-refractivity contribution in [1.29, 1.82) is 0 Å². The van der Waals surface area contributed by atoms with Gasteiger partial charge in [0, 0.05) is 24.7 Å². The predicted molar refractivity (Wildman–Crippen MR) is 60.7 cm³/mol. The molecule has 1 unspecified atom stereocenters. The first-order chi connectivity index (χ1) is 7.45. The van der Waals surface area contributed by atoms with Crippen LogP contribution in [0, 0.1) is 0 Å². The van der Waals surface area contributed by atoms with Crippen LogP contribution in [0.4, 0.5) is 0 Å². The van der Waals surface area contributed by atoms with E-state index in [9.17, 15) is 0 Å². The Morgan fingerprint density at radius 3 is 3.27 bits per heavy atom. The van der Waals surface area contributed by atoms with Crippen LogP contribution in [-0.2, 0) is 6.54 Å². The van der Waals surface area contributed by atoms with Crippen molar-refractivity contribution in [3.05, 3.63) is 24.2 Å². The number of nitrogens with one attached hydrogen (secondary N) is 2. The molecule has 1 aromatic rings. The Hall–Kier alpha value is -0.800. The standard InChI is InChI=1S/C12H20N2O/c1-2-4-12(14-6-3-1)9-13-8-11-5-7-15-10-11/h5,7,10,12-14H,1-4,6,8-9H2. The fraction of sp³-hybridized carbons (Fsp3) is 0.667. The van der Waals surface area contributed by atoms with Gasteiger partial charge in [-0.15, -0.1) is 0 Å². The first-order valence-electron chi connectivity index (χ1n) is 5.90. The zero-order valence-corrected chi connectivity index (χ0v) is 9.17. The molecular weight excluding hydrogens is 188 g/mol. The first kappa shape index (κ1) is 10.7. The molecule has 1 atom stereocenters. The summed E-state index contributed by atoms with van der Waals surface area (Å²) >= 11 is 0. The molecule has 1 aliphatic heterocycles. The molecule has 2 rings (SSSR count). The predicted octanol–water partition coefficient (Wildman–Crippen LogP) is 1.90. The Kier molecular flexibility index (Phi) is 4.23. The SMILES string of the molecule is c1cc(CNCC2CCCCCN2)co1. The maximum atomic E-state index is 5.02. The Morgan fingerprint density at radius 1 is 1.40 bits per heavy atom. The van der Waals surface area contributed by atoms with E-state index in [0.29, 0.717) is 6.04 Å². The zero-order valence-electron chi connectivity index (χ0n) is 9.17. The summed E-state index contributed by atoms with van der Waals surface area (Å²) in [4.78, 5) is 0. The van der Waals surface area contributed by atoms with Crippen molar-refractivity contribution < 1.29 is 4.42 Å². The van der Waals surface area contributed by atoms with Crippen molar-refractivity contribution in [2.75, 3.05) is 13.1 Å². The molecule has 15 heavy (non-hydrogen) atoms. The van der Waals surface area contributed by atoms with Gasteiger partial charge in [0.05, 0.1) is 12.5 Å². The van der Waals surface area contributed by atoms with Gasteiger partial charge in [-0.25, -0.2) is 0 Å². The van der Waals surface area contributed by atoms with E-state index in [4.69, 9.17) is 4.42 Å². The fourth-order valence-corrected chi connectivity index (χ4v) is 2.06. The summed E-state index contributed by atoms with van der Waals surface area (Å²) in [5.74, 6) is 0. The normalized spacial score (nSPS) is 22.5. The van der Waals surface area contributed by atoms with Crippen LogP contribution in [0.3, 0.4) is 0 Å². The molecule has 0 spiro atoms. The van der Waals surface area contributed by atoms with Gasteiger partial charge in [-0.1, -0.05) is 12.8 Å². The van der Waals surface area contributed by atoms with Crippen LogP contribution in [0.2, 0.25) is 0 Å². The van der Waals surface area contributed by atoms with Gasteiger partial charge in [-0.3, -0.25) is 0 Å². The van der Waals surface area contributed by atoms with Crippen molar-refractivity contribution in [3.8, 4) is 0 Å². The van der Waals surface area contributed by atoms with Crippen LogP contribution in [0.1, 0.15) is 31.2 Å². The van der Waals surface area contributed by atoms with Crippen LogP contribution in [0.5, 0.6) is 0 Å². The van der Waals surface area contributed by atoms with E-state index >= 15 is 0 Å². The summed E-state index contributed by atoms with van der Waals surface area (Å²) in [6.45, 7) is 3.15. The van der Waals surface area contributed by atoms with E-state index in [1.165, 1.54) is 37.8 Å². The van der Waals surface area contributed by atoms with Gasteiger partial charge in [-0.2, -0.15) is 0 Å². The molecule has 3 nitrogen and oxygen atoms in total. The molecular formula is C12H20N2O. The molecule has 1 saturated heterocycles. The van der Waals surface area contributed by atoms with Crippen LogP contribution in [-0.4, -0.2) is 19.1 Å². The highest BCUT2D eigenvalue weighted by molar-refractivity contribution is 5.04.